The molecule has 15 heavy (non-hydrogen) atoms. The van der Waals surface area contributed by atoms with Gasteiger partial charge in [0.15, 0.2) is 0 Å². The van der Waals surface area contributed by atoms with Gasteiger partial charge in [0, 0.05) is 6.07 Å². The van der Waals surface area contributed by atoms with Crippen molar-refractivity contribution in [2.75, 3.05) is 6.54 Å². The zero-order chi connectivity index (χ0) is 11.3. The summed E-state index contributed by atoms with van der Waals surface area (Å²) in [6.45, 7) is 2.65. The fourth-order valence-corrected chi connectivity index (χ4v) is 1.62. The second-order valence-corrected chi connectivity index (χ2v) is 3.89. The van der Waals surface area contributed by atoms with Gasteiger partial charge in [0.25, 0.3) is 0 Å². The Morgan fingerprint density at radius 2 is 1.73 bits per heavy atom. The zero-order valence-corrected chi connectivity index (χ0v) is 8.97. The first-order chi connectivity index (χ1) is 7.13. The summed E-state index contributed by atoms with van der Waals surface area (Å²) in [7, 11) is 0. The molecule has 0 saturated heterocycles. The lowest BCUT2D eigenvalue weighted by Crippen LogP contribution is -2.01. The molecule has 0 amide bonds. The Bertz CT molecular complexity index is 292. The SMILES string of the molecule is CC(CCCCN)c1cc(F)cc(F)c1. The topological polar surface area (TPSA) is 26.0 Å². The van der Waals surface area contributed by atoms with Crippen molar-refractivity contribution in [1.82, 2.24) is 0 Å². The second kappa shape index (κ2) is 5.81. The summed E-state index contributed by atoms with van der Waals surface area (Å²) in [5, 5.41) is 0. The number of rotatable bonds is 5. The predicted molar refractivity (Wildman–Crippen MR) is 57.7 cm³/mol. The molecule has 1 atom stereocenters. The highest BCUT2D eigenvalue weighted by Gasteiger charge is 2.08. The molecule has 0 spiro atoms. The number of nitrogens with two attached hydrogens (primary N) is 1. The lowest BCUT2D eigenvalue weighted by atomic mass is 9.95. The fourth-order valence-electron chi connectivity index (χ4n) is 1.62. The lowest BCUT2D eigenvalue weighted by molar-refractivity contribution is 0.563. The molecule has 0 aliphatic carbocycles. The monoisotopic (exact) mass is 213 g/mol. The lowest BCUT2D eigenvalue weighted by Gasteiger charge is -2.11. The Balaban J connectivity index is 2.60. The van der Waals surface area contributed by atoms with Crippen molar-refractivity contribution in [3.8, 4) is 0 Å². The summed E-state index contributed by atoms with van der Waals surface area (Å²) in [6.07, 6.45) is 2.87. The van der Waals surface area contributed by atoms with Crippen LogP contribution < -0.4 is 5.73 Å². The minimum atomic E-state index is -0.504. The van der Waals surface area contributed by atoms with Crippen molar-refractivity contribution in [2.45, 2.75) is 32.1 Å². The number of hydrogen-bond acceptors (Lipinski definition) is 1. The Labute approximate surface area is 89.3 Å². The minimum Gasteiger partial charge on any atom is -0.330 e. The molecule has 1 aromatic rings. The quantitative estimate of drug-likeness (QED) is 0.747. The first-order valence-electron chi connectivity index (χ1n) is 5.29. The molecule has 3 heteroatoms. The van der Waals surface area contributed by atoms with Crippen LogP contribution in [0.5, 0.6) is 0 Å². The van der Waals surface area contributed by atoms with Gasteiger partial charge in [-0.2, -0.15) is 0 Å². The van der Waals surface area contributed by atoms with Crippen LogP contribution in [-0.4, -0.2) is 6.54 Å². The van der Waals surface area contributed by atoms with Crippen molar-refractivity contribution in [2.24, 2.45) is 5.73 Å². The molecule has 0 fully saturated rings. The largest absolute Gasteiger partial charge is 0.330 e. The minimum absolute atomic E-state index is 0.182. The van der Waals surface area contributed by atoms with E-state index in [2.05, 4.69) is 0 Å². The van der Waals surface area contributed by atoms with Crippen LogP contribution in [0.3, 0.4) is 0 Å². The molecule has 0 heterocycles. The van der Waals surface area contributed by atoms with Crippen LogP contribution in [0.1, 0.15) is 37.7 Å². The van der Waals surface area contributed by atoms with E-state index in [0.717, 1.165) is 30.9 Å². The molecule has 0 aliphatic rings. The van der Waals surface area contributed by atoms with Gasteiger partial charge < -0.3 is 5.73 Å². The van der Waals surface area contributed by atoms with Gasteiger partial charge in [0.05, 0.1) is 0 Å². The maximum Gasteiger partial charge on any atom is 0.126 e. The summed E-state index contributed by atoms with van der Waals surface area (Å²) < 4.78 is 25.8. The van der Waals surface area contributed by atoms with Crippen LogP contribution >= 0.6 is 0 Å². The van der Waals surface area contributed by atoms with Gasteiger partial charge in [-0.1, -0.05) is 13.3 Å². The van der Waals surface area contributed by atoms with Crippen molar-refractivity contribution < 1.29 is 8.78 Å². The molecule has 1 rings (SSSR count). The number of halogens is 2. The molecule has 2 N–H and O–H groups in total. The van der Waals surface area contributed by atoms with E-state index in [9.17, 15) is 8.78 Å². The molecule has 1 unspecified atom stereocenters. The third-order valence-corrected chi connectivity index (χ3v) is 2.55. The van der Waals surface area contributed by atoms with E-state index < -0.39 is 11.6 Å². The summed E-state index contributed by atoms with van der Waals surface area (Å²) in [5.74, 6) is -0.826. The number of unbranched alkanes of at least 4 members (excludes halogenated alkanes) is 1. The van der Waals surface area contributed by atoms with Crippen molar-refractivity contribution in [1.29, 1.82) is 0 Å². The van der Waals surface area contributed by atoms with Crippen LogP contribution in [0.4, 0.5) is 8.78 Å². The maximum absolute atomic E-state index is 12.9. The summed E-state index contributed by atoms with van der Waals surface area (Å²) >= 11 is 0. The smallest absolute Gasteiger partial charge is 0.126 e. The zero-order valence-electron chi connectivity index (χ0n) is 8.97. The Kier molecular flexibility index (Phi) is 4.69. The van der Waals surface area contributed by atoms with E-state index in [4.69, 9.17) is 5.73 Å². The van der Waals surface area contributed by atoms with Crippen LogP contribution in [0, 0.1) is 11.6 Å². The normalized spacial score (nSPS) is 12.8. The molecule has 0 bridgehead atoms. The van der Waals surface area contributed by atoms with Gasteiger partial charge >= 0.3 is 0 Å². The molecule has 84 valence electrons. The summed E-state index contributed by atoms with van der Waals surface area (Å²) in [5.41, 5.74) is 6.11. The third-order valence-electron chi connectivity index (χ3n) is 2.55. The molecule has 1 nitrogen and oxygen atoms in total. The highest BCUT2D eigenvalue weighted by atomic mass is 19.1. The van der Waals surface area contributed by atoms with Crippen LogP contribution in [0.25, 0.3) is 0 Å². The maximum atomic E-state index is 12.9. The fraction of sp³-hybridized carbons (Fsp3) is 0.500. The van der Waals surface area contributed by atoms with Gasteiger partial charge in [0.2, 0.25) is 0 Å². The molecule has 0 aromatic heterocycles. The van der Waals surface area contributed by atoms with E-state index >= 15 is 0 Å². The molecule has 0 saturated carbocycles. The highest BCUT2D eigenvalue weighted by Crippen LogP contribution is 2.22. The van der Waals surface area contributed by atoms with Crippen LogP contribution in [-0.2, 0) is 0 Å². The van der Waals surface area contributed by atoms with Crippen LogP contribution in [0.2, 0.25) is 0 Å². The summed E-state index contributed by atoms with van der Waals surface area (Å²) in [6, 6.07) is 3.70. The van der Waals surface area contributed by atoms with Gasteiger partial charge in [-0.3, -0.25) is 0 Å². The molecular formula is C12H17F2N. The van der Waals surface area contributed by atoms with Crippen LogP contribution in [0.15, 0.2) is 18.2 Å². The van der Waals surface area contributed by atoms with Gasteiger partial charge in [0.1, 0.15) is 11.6 Å². The van der Waals surface area contributed by atoms with Gasteiger partial charge in [-0.15, -0.1) is 0 Å². The van der Waals surface area contributed by atoms with Gasteiger partial charge in [-0.25, -0.2) is 8.78 Å². The molecule has 0 aliphatic heterocycles. The Morgan fingerprint density at radius 3 is 2.27 bits per heavy atom. The third kappa shape index (κ3) is 3.96. The van der Waals surface area contributed by atoms with E-state index in [1.165, 1.54) is 12.1 Å². The first-order valence-corrected chi connectivity index (χ1v) is 5.29. The van der Waals surface area contributed by atoms with E-state index in [1.54, 1.807) is 0 Å². The first kappa shape index (κ1) is 12.1. The van der Waals surface area contributed by atoms with Crippen molar-refractivity contribution >= 4 is 0 Å². The second-order valence-electron chi connectivity index (χ2n) is 3.89. The van der Waals surface area contributed by atoms with E-state index in [0.29, 0.717) is 6.54 Å². The molecule has 0 radical (unpaired) electrons. The van der Waals surface area contributed by atoms with E-state index in [-0.39, 0.29) is 5.92 Å². The summed E-state index contributed by atoms with van der Waals surface area (Å²) in [4.78, 5) is 0. The number of benzene rings is 1. The highest BCUT2D eigenvalue weighted by molar-refractivity contribution is 5.21. The van der Waals surface area contributed by atoms with Crippen molar-refractivity contribution in [3.05, 3.63) is 35.4 Å². The van der Waals surface area contributed by atoms with E-state index in [1.807, 2.05) is 6.92 Å². The Morgan fingerprint density at radius 1 is 1.13 bits per heavy atom. The average Bonchev–Trinajstić information content (AvgIpc) is 2.16. The standard InChI is InChI=1S/C12H17F2N/c1-9(4-2-3-5-15)10-6-11(13)8-12(14)7-10/h6-9H,2-5,15H2,1H3. The predicted octanol–water partition coefficient (Wildman–Crippen LogP) is 3.20. The molecule has 1 aromatic carbocycles. The average molecular weight is 213 g/mol. The molecular weight excluding hydrogens is 196 g/mol. The number of hydrogen-bond donors (Lipinski definition) is 1. The Hall–Kier alpha value is -0.960. The van der Waals surface area contributed by atoms with Gasteiger partial charge in [-0.05, 0) is 43.0 Å². The van der Waals surface area contributed by atoms with Crippen molar-refractivity contribution in [3.63, 3.8) is 0 Å².